The summed E-state index contributed by atoms with van der Waals surface area (Å²) in [5.41, 5.74) is 6.35. The van der Waals surface area contributed by atoms with Crippen LogP contribution in [0, 0.1) is 17.8 Å². The van der Waals surface area contributed by atoms with E-state index in [1.807, 2.05) is 11.8 Å². The van der Waals surface area contributed by atoms with Gasteiger partial charge < -0.3 is 10.6 Å². The normalized spacial score (nSPS) is 33.0. The average Bonchev–Trinajstić information content (AvgIpc) is 2.54. The van der Waals surface area contributed by atoms with Crippen LogP contribution in [-0.2, 0) is 14.8 Å². The Bertz CT molecular complexity index is 578. The van der Waals surface area contributed by atoms with Crippen LogP contribution in [0.4, 0.5) is 0 Å². The van der Waals surface area contributed by atoms with Crippen LogP contribution in [-0.4, -0.2) is 61.5 Å². The first-order chi connectivity index (χ1) is 11.8. The molecule has 0 radical (unpaired) electrons. The Labute approximate surface area is 164 Å². The summed E-state index contributed by atoms with van der Waals surface area (Å²) in [6, 6.07) is 0.319. The molecule has 0 aromatic rings. The van der Waals surface area contributed by atoms with Gasteiger partial charge in [-0.15, -0.1) is 12.4 Å². The number of halogens is 1. The molecule has 2 aliphatic carbocycles. The summed E-state index contributed by atoms with van der Waals surface area (Å²) < 4.78 is 25.4. The van der Waals surface area contributed by atoms with Gasteiger partial charge in [0.25, 0.3) is 0 Å². The highest BCUT2D eigenvalue weighted by Crippen LogP contribution is 2.42. The molecular weight excluding hydrogens is 374 g/mol. The molecule has 0 spiro atoms. The average molecular weight is 408 g/mol. The SMILES string of the molecule is CCN(C1CCN(C(=O)C2CC3CCCC(C2)C3N)CC1)S(C)(=O)=O.Cl. The van der Waals surface area contributed by atoms with Gasteiger partial charge in [0.2, 0.25) is 15.9 Å². The van der Waals surface area contributed by atoms with Crippen molar-refractivity contribution in [1.29, 1.82) is 0 Å². The number of rotatable bonds is 4. The largest absolute Gasteiger partial charge is 0.342 e. The van der Waals surface area contributed by atoms with Gasteiger partial charge in [0.15, 0.2) is 0 Å². The minimum atomic E-state index is -3.17. The molecule has 8 heteroatoms. The molecule has 2 N–H and O–H groups in total. The van der Waals surface area contributed by atoms with Gasteiger partial charge in [-0.05, 0) is 50.4 Å². The summed E-state index contributed by atoms with van der Waals surface area (Å²) in [7, 11) is -3.17. The van der Waals surface area contributed by atoms with Crippen molar-refractivity contribution in [2.24, 2.45) is 23.5 Å². The predicted molar refractivity (Wildman–Crippen MR) is 106 cm³/mol. The molecule has 2 unspecified atom stereocenters. The van der Waals surface area contributed by atoms with Crippen molar-refractivity contribution < 1.29 is 13.2 Å². The molecule has 3 aliphatic rings. The van der Waals surface area contributed by atoms with Gasteiger partial charge in [-0.3, -0.25) is 4.79 Å². The summed E-state index contributed by atoms with van der Waals surface area (Å²) in [5, 5.41) is 0. The summed E-state index contributed by atoms with van der Waals surface area (Å²) in [5.74, 6) is 1.44. The van der Waals surface area contributed by atoms with Gasteiger partial charge in [-0.1, -0.05) is 13.3 Å². The van der Waals surface area contributed by atoms with Crippen LogP contribution >= 0.6 is 12.4 Å². The summed E-state index contributed by atoms with van der Waals surface area (Å²) in [6.45, 7) is 3.73. The fourth-order valence-electron chi connectivity index (χ4n) is 5.39. The van der Waals surface area contributed by atoms with E-state index in [9.17, 15) is 13.2 Å². The second-order valence-corrected chi connectivity index (χ2v) is 10.2. The number of sulfonamides is 1. The molecule has 1 heterocycles. The van der Waals surface area contributed by atoms with Gasteiger partial charge in [0, 0.05) is 37.6 Å². The molecule has 152 valence electrons. The monoisotopic (exact) mass is 407 g/mol. The number of nitrogens with zero attached hydrogens (tertiary/aromatic N) is 2. The van der Waals surface area contributed by atoms with Gasteiger partial charge in [-0.2, -0.15) is 4.31 Å². The second kappa shape index (κ2) is 8.76. The zero-order valence-corrected chi connectivity index (χ0v) is 17.6. The lowest BCUT2D eigenvalue weighted by molar-refractivity contribution is -0.140. The lowest BCUT2D eigenvalue weighted by atomic mass is 9.65. The van der Waals surface area contributed by atoms with Gasteiger partial charge >= 0.3 is 0 Å². The fraction of sp³-hybridized carbons (Fsp3) is 0.944. The number of carbonyl (C=O) groups is 1. The van der Waals surface area contributed by atoms with Gasteiger partial charge in [0.1, 0.15) is 0 Å². The summed E-state index contributed by atoms with van der Waals surface area (Å²) in [4.78, 5) is 15.0. The van der Waals surface area contributed by atoms with Crippen LogP contribution in [0.1, 0.15) is 51.9 Å². The molecular formula is C18H34ClN3O3S. The van der Waals surface area contributed by atoms with E-state index in [0.717, 1.165) is 25.7 Å². The summed E-state index contributed by atoms with van der Waals surface area (Å²) in [6.07, 6.45) is 8.25. The van der Waals surface area contributed by atoms with Gasteiger partial charge in [0.05, 0.1) is 6.26 Å². The van der Waals surface area contributed by atoms with Crippen molar-refractivity contribution >= 4 is 28.3 Å². The van der Waals surface area contributed by atoms with Crippen LogP contribution in [0.3, 0.4) is 0 Å². The Morgan fingerprint density at radius 2 is 1.65 bits per heavy atom. The minimum Gasteiger partial charge on any atom is -0.342 e. The molecule has 2 bridgehead atoms. The Kier molecular flexibility index (Phi) is 7.38. The smallest absolute Gasteiger partial charge is 0.225 e. The quantitative estimate of drug-likeness (QED) is 0.770. The highest BCUT2D eigenvalue weighted by Gasteiger charge is 2.42. The Hall–Kier alpha value is -0.370. The number of nitrogens with two attached hydrogens (primary N) is 1. The maximum absolute atomic E-state index is 13.0. The molecule has 1 aliphatic heterocycles. The second-order valence-electron chi connectivity index (χ2n) is 8.22. The van der Waals surface area contributed by atoms with Crippen LogP contribution in [0.25, 0.3) is 0 Å². The number of fused-ring (bicyclic) bond motifs is 2. The van der Waals surface area contributed by atoms with Crippen LogP contribution in [0.5, 0.6) is 0 Å². The van der Waals surface area contributed by atoms with Gasteiger partial charge in [-0.25, -0.2) is 8.42 Å². The molecule has 1 amide bonds. The van der Waals surface area contributed by atoms with Crippen molar-refractivity contribution in [1.82, 2.24) is 9.21 Å². The molecule has 3 fully saturated rings. The van der Waals surface area contributed by atoms with E-state index in [2.05, 4.69) is 0 Å². The third-order valence-electron chi connectivity index (χ3n) is 6.68. The number of amides is 1. The highest BCUT2D eigenvalue weighted by atomic mass is 35.5. The number of piperidine rings is 1. The molecule has 6 nitrogen and oxygen atoms in total. The number of carbonyl (C=O) groups excluding carboxylic acids is 1. The molecule has 1 saturated heterocycles. The van der Waals surface area contributed by atoms with E-state index >= 15 is 0 Å². The molecule has 0 aromatic heterocycles. The molecule has 0 aromatic carbocycles. The fourth-order valence-corrected chi connectivity index (χ4v) is 6.61. The molecule has 2 saturated carbocycles. The standard InChI is InChI=1S/C18H33N3O3S.ClH/c1-3-21(25(2,23)24)16-7-9-20(10-8-16)18(22)15-11-13-5-4-6-14(12-15)17(13)19;/h13-17H,3-12,19H2,1-2H3;1H. The first-order valence-electron chi connectivity index (χ1n) is 9.82. The van der Waals surface area contributed by atoms with E-state index in [0.29, 0.717) is 31.5 Å². The Morgan fingerprint density at radius 3 is 2.12 bits per heavy atom. The molecule has 3 rings (SSSR count). The number of hydrogen-bond donors (Lipinski definition) is 1. The van der Waals surface area contributed by atoms with Crippen LogP contribution < -0.4 is 5.73 Å². The maximum Gasteiger partial charge on any atom is 0.225 e. The first kappa shape index (κ1) is 21.9. The van der Waals surface area contributed by atoms with Crippen molar-refractivity contribution in [3.8, 4) is 0 Å². The zero-order chi connectivity index (χ0) is 18.2. The van der Waals surface area contributed by atoms with E-state index in [-0.39, 0.29) is 36.3 Å². The molecule has 26 heavy (non-hydrogen) atoms. The number of hydrogen-bond acceptors (Lipinski definition) is 4. The predicted octanol–water partition coefficient (Wildman–Crippen LogP) is 1.83. The lowest BCUT2D eigenvalue weighted by Crippen LogP contribution is -2.52. The molecule has 2 atom stereocenters. The van der Waals surface area contributed by atoms with E-state index in [1.165, 1.54) is 25.5 Å². The maximum atomic E-state index is 13.0. The Morgan fingerprint density at radius 1 is 1.12 bits per heavy atom. The third kappa shape index (κ3) is 4.54. The van der Waals surface area contributed by atoms with Crippen molar-refractivity contribution in [2.75, 3.05) is 25.9 Å². The zero-order valence-electron chi connectivity index (χ0n) is 16.0. The Balaban J connectivity index is 0.00000243. The van der Waals surface area contributed by atoms with E-state index < -0.39 is 10.0 Å². The highest BCUT2D eigenvalue weighted by molar-refractivity contribution is 7.88. The van der Waals surface area contributed by atoms with Crippen molar-refractivity contribution in [3.05, 3.63) is 0 Å². The number of likely N-dealkylation sites (tertiary alicyclic amines) is 1. The van der Waals surface area contributed by atoms with E-state index in [1.54, 1.807) is 4.31 Å². The van der Waals surface area contributed by atoms with Crippen molar-refractivity contribution in [3.63, 3.8) is 0 Å². The van der Waals surface area contributed by atoms with E-state index in [4.69, 9.17) is 5.73 Å². The van der Waals surface area contributed by atoms with Crippen LogP contribution in [0.15, 0.2) is 0 Å². The first-order valence-corrected chi connectivity index (χ1v) is 11.7. The van der Waals surface area contributed by atoms with Crippen molar-refractivity contribution in [2.45, 2.75) is 64.0 Å². The topological polar surface area (TPSA) is 83.7 Å². The summed E-state index contributed by atoms with van der Waals surface area (Å²) >= 11 is 0. The minimum absolute atomic E-state index is 0. The third-order valence-corrected chi connectivity index (χ3v) is 8.09. The lowest BCUT2D eigenvalue weighted by Gasteiger charge is -2.45. The van der Waals surface area contributed by atoms with Crippen LogP contribution in [0.2, 0.25) is 0 Å².